The Labute approximate surface area is 94.6 Å². The highest BCUT2D eigenvalue weighted by atomic mass is 16.5. The van der Waals surface area contributed by atoms with Gasteiger partial charge in [-0.3, -0.25) is 0 Å². The number of hydrogen-bond acceptors (Lipinski definition) is 4. The Hall–Kier alpha value is -2.09. The summed E-state index contributed by atoms with van der Waals surface area (Å²) in [5.74, 6) is -1.62. The fourth-order valence-corrected chi connectivity index (χ4v) is 0.446. The number of carboxylic acids is 1. The minimum Gasteiger partial charge on any atom is -0.478 e. The standard InChI is InChI=1S/C7H9NO2.C4H6O2/c1-3-7(9)10-5-6(2)4-8;1-2-3-4(5)6/h3,6H,1,5H2,2H3;2-3H,1H3,(H,5,6). The van der Waals surface area contributed by atoms with E-state index in [1.54, 1.807) is 13.8 Å². The number of nitrogens with zero attached hydrogens (tertiary/aromatic N) is 1. The minimum atomic E-state index is -0.891. The molecule has 0 saturated carbocycles. The number of esters is 1. The summed E-state index contributed by atoms with van der Waals surface area (Å²) in [6, 6.07) is 1.93. The molecule has 0 aliphatic rings. The highest BCUT2D eigenvalue weighted by Crippen LogP contribution is 1.92. The summed E-state index contributed by atoms with van der Waals surface area (Å²) in [6.07, 6.45) is 3.63. The number of nitriles is 1. The first-order chi connectivity index (χ1) is 7.47. The largest absolute Gasteiger partial charge is 0.478 e. The smallest absolute Gasteiger partial charge is 0.330 e. The Morgan fingerprint density at radius 2 is 2.19 bits per heavy atom. The summed E-state index contributed by atoms with van der Waals surface area (Å²) >= 11 is 0. The summed E-state index contributed by atoms with van der Waals surface area (Å²) in [7, 11) is 0. The molecule has 5 heteroatoms. The molecular formula is C11H15NO4. The molecule has 88 valence electrons. The molecule has 1 unspecified atom stereocenters. The summed E-state index contributed by atoms with van der Waals surface area (Å²) in [6.45, 7) is 6.68. The van der Waals surface area contributed by atoms with Gasteiger partial charge < -0.3 is 9.84 Å². The van der Waals surface area contributed by atoms with Gasteiger partial charge in [-0.05, 0) is 13.8 Å². The third kappa shape index (κ3) is 14.4. The molecule has 0 aliphatic carbocycles. The third-order valence-corrected chi connectivity index (χ3v) is 1.17. The van der Waals surface area contributed by atoms with Crippen LogP contribution < -0.4 is 0 Å². The zero-order chi connectivity index (χ0) is 13.0. The van der Waals surface area contributed by atoms with Crippen molar-refractivity contribution >= 4 is 11.9 Å². The van der Waals surface area contributed by atoms with Crippen LogP contribution in [-0.2, 0) is 14.3 Å². The highest BCUT2D eigenvalue weighted by molar-refractivity contribution is 5.81. The van der Waals surface area contributed by atoms with Crippen molar-refractivity contribution in [3.63, 3.8) is 0 Å². The highest BCUT2D eigenvalue weighted by Gasteiger charge is 2.01. The molecule has 0 rings (SSSR count). The number of carboxylic acid groups (broad SMARTS) is 1. The molecule has 0 aromatic carbocycles. The first-order valence-electron chi connectivity index (χ1n) is 4.52. The Morgan fingerprint density at radius 1 is 1.62 bits per heavy atom. The molecule has 0 spiro atoms. The maximum Gasteiger partial charge on any atom is 0.330 e. The van der Waals surface area contributed by atoms with Crippen molar-refractivity contribution in [2.24, 2.45) is 5.92 Å². The van der Waals surface area contributed by atoms with Crippen LogP contribution >= 0.6 is 0 Å². The second-order valence-electron chi connectivity index (χ2n) is 2.70. The quantitative estimate of drug-likeness (QED) is 0.579. The van der Waals surface area contributed by atoms with E-state index in [9.17, 15) is 9.59 Å². The van der Waals surface area contributed by atoms with Crippen LogP contribution in [0.4, 0.5) is 0 Å². The predicted octanol–water partition coefficient (Wildman–Crippen LogP) is 1.52. The number of carbonyl (C=O) groups is 2. The number of allylic oxidation sites excluding steroid dienone is 1. The summed E-state index contributed by atoms with van der Waals surface area (Å²) in [4.78, 5) is 19.9. The van der Waals surface area contributed by atoms with Gasteiger partial charge in [0, 0.05) is 12.2 Å². The van der Waals surface area contributed by atoms with Crippen LogP contribution in [0, 0.1) is 17.2 Å². The van der Waals surface area contributed by atoms with Crippen molar-refractivity contribution in [3.05, 3.63) is 24.8 Å². The van der Waals surface area contributed by atoms with Crippen molar-refractivity contribution in [3.8, 4) is 6.07 Å². The van der Waals surface area contributed by atoms with E-state index in [0.29, 0.717) is 0 Å². The first-order valence-corrected chi connectivity index (χ1v) is 4.52. The second kappa shape index (κ2) is 11.0. The van der Waals surface area contributed by atoms with E-state index in [4.69, 9.17) is 10.4 Å². The minimum absolute atomic E-state index is 0.140. The molecule has 0 aliphatic heterocycles. The van der Waals surface area contributed by atoms with E-state index in [1.165, 1.54) is 6.08 Å². The molecule has 1 N–H and O–H groups in total. The third-order valence-electron chi connectivity index (χ3n) is 1.17. The summed E-state index contributed by atoms with van der Waals surface area (Å²) in [5.41, 5.74) is 0. The van der Waals surface area contributed by atoms with E-state index in [-0.39, 0.29) is 12.5 Å². The molecule has 0 aromatic heterocycles. The van der Waals surface area contributed by atoms with Crippen LogP contribution in [0.25, 0.3) is 0 Å². The molecule has 16 heavy (non-hydrogen) atoms. The van der Waals surface area contributed by atoms with E-state index in [1.807, 2.05) is 6.07 Å². The van der Waals surface area contributed by atoms with Crippen molar-refractivity contribution in [2.45, 2.75) is 13.8 Å². The summed E-state index contributed by atoms with van der Waals surface area (Å²) in [5, 5.41) is 16.1. The van der Waals surface area contributed by atoms with Crippen molar-refractivity contribution in [2.75, 3.05) is 6.61 Å². The zero-order valence-corrected chi connectivity index (χ0v) is 9.34. The number of hydrogen-bond donors (Lipinski definition) is 1. The van der Waals surface area contributed by atoms with Crippen molar-refractivity contribution in [1.82, 2.24) is 0 Å². The predicted molar refractivity (Wildman–Crippen MR) is 58.4 cm³/mol. The zero-order valence-electron chi connectivity index (χ0n) is 9.34. The van der Waals surface area contributed by atoms with Gasteiger partial charge in [0.2, 0.25) is 0 Å². The fraction of sp³-hybridized carbons (Fsp3) is 0.364. The Balaban J connectivity index is 0. The molecule has 0 amide bonds. The van der Waals surface area contributed by atoms with Crippen LogP contribution in [0.2, 0.25) is 0 Å². The van der Waals surface area contributed by atoms with E-state index in [2.05, 4.69) is 11.3 Å². The average Bonchev–Trinajstić information content (AvgIpc) is 2.25. The Kier molecular flexibility index (Phi) is 11.2. The Morgan fingerprint density at radius 3 is 2.44 bits per heavy atom. The number of ether oxygens (including phenoxy) is 1. The van der Waals surface area contributed by atoms with E-state index >= 15 is 0 Å². The molecule has 5 nitrogen and oxygen atoms in total. The van der Waals surface area contributed by atoms with Crippen LogP contribution in [-0.4, -0.2) is 23.7 Å². The van der Waals surface area contributed by atoms with Crippen molar-refractivity contribution < 1.29 is 19.4 Å². The van der Waals surface area contributed by atoms with Crippen LogP contribution in [0.5, 0.6) is 0 Å². The lowest BCUT2D eigenvalue weighted by Crippen LogP contribution is -2.07. The lowest BCUT2D eigenvalue weighted by molar-refractivity contribution is -0.138. The van der Waals surface area contributed by atoms with E-state index < -0.39 is 11.9 Å². The first kappa shape index (κ1) is 16.3. The normalized spacial score (nSPS) is 10.6. The van der Waals surface area contributed by atoms with Gasteiger partial charge in [0.05, 0.1) is 12.0 Å². The van der Waals surface area contributed by atoms with Gasteiger partial charge in [0.1, 0.15) is 6.61 Å². The molecule has 1 atom stereocenters. The molecule has 0 aromatic rings. The molecule has 0 fully saturated rings. The Bertz CT molecular complexity index is 302. The van der Waals surface area contributed by atoms with Crippen LogP contribution in [0.3, 0.4) is 0 Å². The van der Waals surface area contributed by atoms with Gasteiger partial charge in [-0.15, -0.1) is 0 Å². The van der Waals surface area contributed by atoms with E-state index in [0.717, 1.165) is 12.2 Å². The molecule has 0 bridgehead atoms. The maximum atomic E-state index is 10.4. The van der Waals surface area contributed by atoms with Gasteiger partial charge in [0.25, 0.3) is 0 Å². The number of carbonyl (C=O) groups excluding carboxylic acids is 1. The molecular weight excluding hydrogens is 210 g/mol. The maximum absolute atomic E-state index is 10.4. The molecule has 0 saturated heterocycles. The second-order valence-corrected chi connectivity index (χ2v) is 2.70. The van der Waals surface area contributed by atoms with Gasteiger partial charge in [-0.1, -0.05) is 12.7 Å². The monoisotopic (exact) mass is 225 g/mol. The van der Waals surface area contributed by atoms with Gasteiger partial charge in [-0.2, -0.15) is 5.26 Å². The van der Waals surface area contributed by atoms with Crippen molar-refractivity contribution in [1.29, 1.82) is 5.26 Å². The average molecular weight is 225 g/mol. The van der Waals surface area contributed by atoms with Gasteiger partial charge in [-0.25, -0.2) is 9.59 Å². The molecule has 0 radical (unpaired) electrons. The summed E-state index contributed by atoms with van der Waals surface area (Å²) < 4.78 is 4.56. The van der Waals surface area contributed by atoms with Gasteiger partial charge >= 0.3 is 11.9 Å². The SMILES string of the molecule is C=CC(=O)OCC(C)C#N.CC=CC(=O)O. The molecule has 0 heterocycles. The fourth-order valence-electron chi connectivity index (χ4n) is 0.446. The van der Waals surface area contributed by atoms with Crippen LogP contribution in [0.1, 0.15) is 13.8 Å². The lowest BCUT2D eigenvalue weighted by Gasteiger charge is -2.00. The number of rotatable bonds is 4. The number of aliphatic carboxylic acids is 1. The van der Waals surface area contributed by atoms with Crippen LogP contribution in [0.15, 0.2) is 24.8 Å². The lowest BCUT2D eigenvalue weighted by atomic mass is 10.2. The van der Waals surface area contributed by atoms with Gasteiger partial charge in [0.15, 0.2) is 0 Å². The topological polar surface area (TPSA) is 87.4 Å².